The lowest BCUT2D eigenvalue weighted by Crippen LogP contribution is -2.17. The molecule has 2 heteroatoms. The molecule has 0 radical (unpaired) electrons. The van der Waals surface area contributed by atoms with Gasteiger partial charge in [-0.15, -0.1) is 0 Å². The van der Waals surface area contributed by atoms with Gasteiger partial charge in [0.1, 0.15) is 0 Å². The Kier molecular flexibility index (Phi) is 5.00. The van der Waals surface area contributed by atoms with Crippen LogP contribution >= 0.6 is 0 Å². The maximum Gasteiger partial charge on any atom is 0.224 e. The summed E-state index contributed by atoms with van der Waals surface area (Å²) in [6.07, 6.45) is 7.67. The van der Waals surface area contributed by atoms with E-state index in [0.717, 1.165) is 18.5 Å². The zero-order valence-corrected chi connectivity index (χ0v) is 12.2. The molecule has 0 heterocycles. The Morgan fingerprint density at radius 1 is 1.16 bits per heavy atom. The van der Waals surface area contributed by atoms with Crippen molar-refractivity contribution >= 4 is 11.6 Å². The molecule has 1 N–H and O–H groups in total. The van der Waals surface area contributed by atoms with E-state index in [-0.39, 0.29) is 5.91 Å². The maximum atomic E-state index is 12.2. The number of carbonyl (C=O) groups excluding carboxylic acids is 1. The fraction of sp³-hybridized carbons (Fsp3) is 0.588. The van der Waals surface area contributed by atoms with E-state index in [9.17, 15) is 4.79 Å². The number of para-hydroxylation sites is 1. The molecule has 1 aliphatic rings. The van der Waals surface area contributed by atoms with Crippen LogP contribution in [0.5, 0.6) is 0 Å². The summed E-state index contributed by atoms with van der Waals surface area (Å²) in [5, 5.41) is 3.17. The van der Waals surface area contributed by atoms with Gasteiger partial charge in [0, 0.05) is 12.1 Å². The smallest absolute Gasteiger partial charge is 0.224 e. The van der Waals surface area contributed by atoms with Gasteiger partial charge in [-0.3, -0.25) is 4.79 Å². The second-order valence-electron chi connectivity index (χ2n) is 5.56. The summed E-state index contributed by atoms with van der Waals surface area (Å²) in [5.74, 6) is 0.807. The van der Waals surface area contributed by atoms with E-state index in [1.807, 2.05) is 0 Å². The molecular weight excluding hydrogens is 234 g/mol. The third kappa shape index (κ3) is 3.59. The highest BCUT2D eigenvalue weighted by Crippen LogP contribution is 2.29. The molecule has 0 saturated heterocycles. The van der Waals surface area contributed by atoms with Gasteiger partial charge in [-0.05, 0) is 42.7 Å². The first-order valence-corrected chi connectivity index (χ1v) is 7.65. The molecule has 1 amide bonds. The number of amides is 1. The number of hydrogen-bond acceptors (Lipinski definition) is 1. The number of hydrogen-bond donors (Lipinski definition) is 1. The van der Waals surface area contributed by atoms with Gasteiger partial charge in [0.25, 0.3) is 0 Å². The van der Waals surface area contributed by atoms with Crippen LogP contribution < -0.4 is 5.32 Å². The number of carbonyl (C=O) groups is 1. The van der Waals surface area contributed by atoms with E-state index in [4.69, 9.17) is 0 Å². The first kappa shape index (κ1) is 14.1. The highest BCUT2D eigenvalue weighted by Gasteiger charge is 2.19. The summed E-state index contributed by atoms with van der Waals surface area (Å²) in [7, 11) is 0. The quantitative estimate of drug-likeness (QED) is 0.837. The molecule has 1 aromatic carbocycles. The van der Waals surface area contributed by atoms with E-state index in [1.165, 1.54) is 36.8 Å². The van der Waals surface area contributed by atoms with Crippen molar-refractivity contribution in [2.45, 2.75) is 58.8 Å². The molecule has 19 heavy (non-hydrogen) atoms. The van der Waals surface area contributed by atoms with Crippen LogP contribution in [0.15, 0.2) is 18.2 Å². The molecule has 0 atom stereocenters. The number of nitrogens with one attached hydrogen (secondary N) is 1. The normalized spacial score (nSPS) is 15.7. The Morgan fingerprint density at radius 2 is 1.74 bits per heavy atom. The molecule has 0 bridgehead atoms. The summed E-state index contributed by atoms with van der Waals surface area (Å²) in [4.78, 5) is 12.2. The van der Waals surface area contributed by atoms with Crippen LogP contribution in [0.3, 0.4) is 0 Å². The molecule has 104 valence electrons. The molecule has 2 nitrogen and oxygen atoms in total. The van der Waals surface area contributed by atoms with Crippen molar-refractivity contribution in [3.63, 3.8) is 0 Å². The minimum Gasteiger partial charge on any atom is -0.326 e. The minimum absolute atomic E-state index is 0.197. The highest BCUT2D eigenvalue weighted by atomic mass is 16.1. The minimum atomic E-state index is 0.197. The van der Waals surface area contributed by atoms with Gasteiger partial charge < -0.3 is 5.32 Å². The van der Waals surface area contributed by atoms with E-state index in [2.05, 4.69) is 37.4 Å². The number of benzene rings is 1. The van der Waals surface area contributed by atoms with Gasteiger partial charge >= 0.3 is 0 Å². The lowest BCUT2D eigenvalue weighted by Gasteiger charge is -2.15. The van der Waals surface area contributed by atoms with Crippen molar-refractivity contribution in [1.82, 2.24) is 0 Å². The molecule has 1 aromatic rings. The van der Waals surface area contributed by atoms with Gasteiger partial charge in [-0.25, -0.2) is 0 Å². The SMILES string of the molecule is CCc1cccc(CC)c1NC(=O)CC1CCCC1. The number of anilines is 1. The van der Waals surface area contributed by atoms with E-state index in [0.29, 0.717) is 12.3 Å². The fourth-order valence-corrected chi connectivity index (χ4v) is 3.07. The highest BCUT2D eigenvalue weighted by molar-refractivity contribution is 5.92. The topological polar surface area (TPSA) is 29.1 Å². The van der Waals surface area contributed by atoms with Crippen molar-refractivity contribution in [2.75, 3.05) is 5.32 Å². The molecule has 1 aliphatic carbocycles. The first-order valence-electron chi connectivity index (χ1n) is 7.65. The molecule has 0 aliphatic heterocycles. The van der Waals surface area contributed by atoms with Gasteiger partial charge in [-0.1, -0.05) is 44.9 Å². The van der Waals surface area contributed by atoms with E-state index < -0.39 is 0 Å². The second kappa shape index (κ2) is 6.74. The van der Waals surface area contributed by atoms with Crippen LogP contribution in [0.25, 0.3) is 0 Å². The Morgan fingerprint density at radius 3 is 2.26 bits per heavy atom. The molecular formula is C17H25NO. The summed E-state index contributed by atoms with van der Waals surface area (Å²) < 4.78 is 0. The lowest BCUT2D eigenvalue weighted by atomic mass is 10.0. The summed E-state index contributed by atoms with van der Waals surface area (Å²) in [6.45, 7) is 4.28. The lowest BCUT2D eigenvalue weighted by molar-refractivity contribution is -0.117. The predicted octanol–water partition coefficient (Wildman–Crippen LogP) is 4.33. The summed E-state index contributed by atoms with van der Waals surface area (Å²) >= 11 is 0. The van der Waals surface area contributed by atoms with Crippen molar-refractivity contribution in [3.8, 4) is 0 Å². The standard InChI is InChI=1S/C17H25NO/c1-3-14-10-7-11-15(4-2)17(14)18-16(19)12-13-8-5-6-9-13/h7,10-11,13H,3-6,8-9,12H2,1-2H3,(H,18,19). The Hall–Kier alpha value is -1.31. The van der Waals surface area contributed by atoms with E-state index >= 15 is 0 Å². The van der Waals surface area contributed by atoms with Crippen molar-refractivity contribution < 1.29 is 4.79 Å². The molecule has 1 saturated carbocycles. The summed E-state index contributed by atoms with van der Waals surface area (Å²) in [5.41, 5.74) is 3.56. The average molecular weight is 259 g/mol. The molecule has 0 unspecified atom stereocenters. The zero-order valence-electron chi connectivity index (χ0n) is 12.2. The number of rotatable bonds is 5. The second-order valence-corrected chi connectivity index (χ2v) is 5.56. The predicted molar refractivity (Wildman–Crippen MR) is 80.4 cm³/mol. The fourth-order valence-electron chi connectivity index (χ4n) is 3.07. The van der Waals surface area contributed by atoms with Crippen LogP contribution in [0.1, 0.15) is 57.1 Å². The van der Waals surface area contributed by atoms with Gasteiger partial charge in [-0.2, -0.15) is 0 Å². The summed E-state index contributed by atoms with van der Waals surface area (Å²) in [6, 6.07) is 6.32. The van der Waals surface area contributed by atoms with Crippen LogP contribution in [0, 0.1) is 5.92 Å². The molecule has 2 rings (SSSR count). The Labute approximate surface area is 116 Å². The van der Waals surface area contributed by atoms with E-state index in [1.54, 1.807) is 0 Å². The first-order chi connectivity index (χ1) is 9.24. The monoisotopic (exact) mass is 259 g/mol. The van der Waals surface area contributed by atoms with Crippen LogP contribution in [-0.4, -0.2) is 5.91 Å². The van der Waals surface area contributed by atoms with Crippen molar-refractivity contribution in [1.29, 1.82) is 0 Å². The molecule has 0 spiro atoms. The average Bonchev–Trinajstić information content (AvgIpc) is 2.91. The van der Waals surface area contributed by atoms with Gasteiger partial charge in [0.15, 0.2) is 0 Å². The Balaban J connectivity index is 2.06. The zero-order chi connectivity index (χ0) is 13.7. The molecule has 0 aromatic heterocycles. The van der Waals surface area contributed by atoms with Crippen LogP contribution in [0.2, 0.25) is 0 Å². The maximum absolute atomic E-state index is 12.2. The number of aryl methyl sites for hydroxylation is 2. The largest absolute Gasteiger partial charge is 0.326 e. The third-order valence-electron chi connectivity index (χ3n) is 4.21. The molecule has 1 fully saturated rings. The van der Waals surface area contributed by atoms with Crippen molar-refractivity contribution in [3.05, 3.63) is 29.3 Å². The van der Waals surface area contributed by atoms with Gasteiger partial charge in [0.2, 0.25) is 5.91 Å². The Bertz CT molecular complexity index is 411. The van der Waals surface area contributed by atoms with Crippen molar-refractivity contribution in [2.24, 2.45) is 5.92 Å². The van der Waals surface area contributed by atoms with Crippen LogP contribution in [0.4, 0.5) is 5.69 Å². The third-order valence-corrected chi connectivity index (χ3v) is 4.21. The van der Waals surface area contributed by atoms with Crippen LogP contribution in [-0.2, 0) is 17.6 Å². The van der Waals surface area contributed by atoms with Gasteiger partial charge in [0.05, 0.1) is 0 Å².